The van der Waals surface area contributed by atoms with Gasteiger partial charge in [0.25, 0.3) is 0 Å². The van der Waals surface area contributed by atoms with Crippen LogP contribution in [0.2, 0.25) is 0 Å². The molecule has 0 heterocycles. The fourth-order valence-electron chi connectivity index (χ4n) is 1.76. The Morgan fingerprint density at radius 3 is 2.21 bits per heavy atom. The van der Waals surface area contributed by atoms with E-state index in [9.17, 15) is 0 Å². The lowest BCUT2D eigenvalue weighted by Crippen LogP contribution is -2.26. The van der Waals surface area contributed by atoms with Crippen molar-refractivity contribution in [1.82, 2.24) is 0 Å². The third kappa shape index (κ3) is 2.61. The van der Waals surface area contributed by atoms with E-state index in [0.717, 1.165) is 5.92 Å². The smallest absolute Gasteiger partial charge is 0.0323 e. The van der Waals surface area contributed by atoms with Gasteiger partial charge in [0.15, 0.2) is 0 Å². The molecule has 3 heteroatoms. The Kier molecular flexibility index (Phi) is 4.67. The molecule has 0 radical (unpaired) electrons. The van der Waals surface area contributed by atoms with Crippen LogP contribution in [0.5, 0.6) is 0 Å². The maximum atomic E-state index is 6.15. The molecule has 1 aliphatic carbocycles. The predicted octanol–water partition coefficient (Wildman–Crippen LogP) is 3.51. The summed E-state index contributed by atoms with van der Waals surface area (Å²) in [6.07, 6.45) is 3.99. The van der Waals surface area contributed by atoms with Crippen LogP contribution in [0.15, 0.2) is 24.3 Å². The number of nitrogens with two attached hydrogens (primary N) is 1. The summed E-state index contributed by atoms with van der Waals surface area (Å²) in [7, 11) is 0. The Labute approximate surface area is 105 Å². The van der Waals surface area contributed by atoms with Crippen LogP contribution in [0.25, 0.3) is 0 Å². The molecule has 0 spiro atoms. The number of rotatable bonds is 2. The zero-order chi connectivity index (χ0) is 9.26. The number of benzene rings is 1. The molecule has 1 nitrogen and oxygen atoms in total. The summed E-state index contributed by atoms with van der Waals surface area (Å²) in [6.45, 7) is 0. The van der Waals surface area contributed by atoms with E-state index in [1.54, 1.807) is 0 Å². The maximum absolute atomic E-state index is 6.15. The van der Waals surface area contributed by atoms with Gasteiger partial charge in [-0.1, -0.05) is 18.6 Å². The van der Waals surface area contributed by atoms with Gasteiger partial charge in [0, 0.05) is 9.61 Å². The van der Waals surface area contributed by atoms with Crippen LogP contribution < -0.4 is 5.73 Å². The maximum Gasteiger partial charge on any atom is 0.0323 e. The molecule has 2 rings (SSSR count). The van der Waals surface area contributed by atoms with Crippen molar-refractivity contribution in [3.63, 3.8) is 0 Å². The summed E-state index contributed by atoms with van der Waals surface area (Å²) >= 11 is 2.32. The highest BCUT2D eigenvalue weighted by Crippen LogP contribution is 2.36. The lowest BCUT2D eigenvalue weighted by molar-refractivity contribution is 0.264. The Balaban J connectivity index is 0.000000980. The van der Waals surface area contributed by atoms with Crippen molar-refractivity contribution in [2.24, 2.45) is 11.7 Å². The van der Waals surface area contributed by atoms with Crippen LogP contribution in [0.1, 0.15) is 30.9 Å². The Morgan fingerprint density at radius 1 is 1.21 bits per heavy atom. The van der Waals surface area contributed by atoms with E-state index in [1.165, 1.54) is 28.4 Å². The minimum Gasteiger partial charge on any atom is -0.324 e. The lowest BCUT2D eigenvalue weighted by atomic mass is 9.78. The van der Waals surface area contributed by atoms with E-state index in [2.05, 4.69) is 46.9 Å². The van der Waals surface area contributed by atoms with E-state index in [4.69, 9.17) is 5.73 Å². The summed E-state index contributed by atoms with van der Waals surface area (Å²) in [5.41, 5.74) is 7.44. The number of hydrogen-bond donors (Lipinski definition) is 1. The van der Waals surface area contributed by atoms with Crippen molar-refractivity contribution in [2.45, 2.75) is 25.3 Å². The Hall–Kier alpha value is 0.200. The zero-order valence-electron chi connectivity index (χ0n) is 7.95. The normalized spacial score (nSPS) is 18.1. The molecule has 1 fully saturated rings. The largest absolute Gasteiger partial charge is 0.324 e. The van der Waals surface area contributed by atoms with E-state index in [0.29, 0.717) is 0 Å². The average Bonchev–Trinajstić information content (AvgIpc) is 2.02. The van der Waals surface area contributed by atoms with Gasteiger partial charge in [0.2, 0.25) is 0 Å². The van der Waals surface area contributed by atoms with Gasteiger partial charge in [-0.3, -0.25) is 0 Å². The monoisotopic (exact) mass is 323 g/mol. The standard InChI is InChI=1S/C11H14IN.ClH/c12-10-6-4-9(5-7-10)11(13)8-2-1-3-8;/h4-8,11H,1-3,13H2;1H/t11-;/m0./s1. The molecular weight excluding hydrogens is 308 g/mol. The summed E-state index contributed by atoms with van der Waals surface area (Å²) in [5.74, 6) is 0.736. The first-order chi connectivity index (χ1) is 6.27. The topological polar surface area (TPSA) is 26.0 Å². The van der Waals surface area contributed by atoms with Crippen LogP contribution in [-0.4, -0.2) is 0 Å². The van der Waals surface area contributed by atoms with Crippen molar-refractivity contribution in [1.29, 1.82) is 0 Å². The molecular formula is C11H15ClIN. The molecule has 1 aromatic rings. The fourth-order valence-corrected chi connectivity index (χ4v) is 2.12. The van der Waals surface area contributed by atoms with E-state index in [1.807, 2.05) is 0 Å². The highest BCUT2D eigenvalue weighted by molar-refractivity contribution is 14.1. The molecule has 0 bridgehead atoms. The Bertz CT molecular complexity index is 282. The van der Waals surface area contributed by atoms with Gasteiger partial charge >= 0.3 is 0 Å². The molecule has 14 heavy (non-hydrogen) atoms. The fraction of sp³-hybridized carbons (Fsp3) is 0.455. The van der Waals surface area contributed by atoms with E-state index < -0.39 is 0 Å². The second-order valence-electron chi connectivity index (χ2n) is 3.77. The summed E-state index contributed by atoms with van der Waals surface area (Å²) < 4.78 is 1.28. The average molecular weight is 324 g/mol. The number of halogens is 2. The molecule has 2 N–H and O–H groups in total. The van der Waals surface area contributed by atoms with E-state index >= 15 is 0 Å². The molecule has 1 atom stereocenters. The molecule has 1 aliphatic rings. The molecule has 0 aromatic heterocycles. The van der Waals surface area contributed by atoms with Crippen molar-refractivity contribution in [3.05, 3.63) is 33.4 Å². The molecule has 0 aliphatic heterocycles. The summed E-state index contributed by atoms with van der Waals surface area (Å²) in [5, 5.41) is 0. The van der Waals surface area contributed by atoms with Gasteiger partial charge in [-0.25, -0.2) is 0 Å². The summed E-state index contributed by atoms with van der Waals surface area (Å²) in [4.78, 5) is 0. The third-order valence-electron chi connectivity index (χ3n) is 2.91. The van der Waals surface area contributed by atoms with Gasteiger partial charge in [-0.05, 0) is 59.0 Å². The first-order valence-electron chi connectivity index (χ1n) is 4.78. The Morgan fingerprint density at radius 2 is 1.79 bits per heavy atom. The van der Waals surface area contributed by atoms with Crippen LogP contribution in [0.4, 0.5) is 0 Å². The number of hydrogen-bond acceptors (Lipinski definition) is 1. The van der Waals surface area contributed by atoms with Gasteiger partial charge in [0.05, 0.1) is 0 Å². The van der Waals surface area contributed by atoms with Crippen molar-refractivity contribution >= 4 is 35.0 Å². The minimum atomic E-state index is 0. The molecule has 0 saturated heterocycles. The quantitative estimate of drug-likeness (QED) is 0.828. The molecule has 78 valence electrons. The third-order valence-corrected chi connectivity index (χ3v) is 3.63. The second-order valence-corrected chi connectivity index (χ2v) is 5.01. The highest BCUT2D eigenvalue weighted by atomic mass is 127. The highest BCUT2D eigenvalue weighted by Gasteiger charge is 2.25. The van der Waals surface area contributed by atoms with Crippen molar-refractivity contribution in [3.8, 4) is 0 Å². The van der Waals surface area contributed by atoms with E-state index in [-0.39, 0.29) is 18.4 Å². The zero-order valence-corrected chi connectivity index (χ0v) is 10.9. The molecule has 1 saturated carbocycles. The SMILES string of the molecule is Cl.N[C@H](c1ccc(I)cc1)C1CCC1. The lowest BCUT2D eigenvalue weighted by Gasteiger charge is -2.31. The van der Waals surface area contributed by atoms with Crippen LogP contribution in [0.3, 0.4) is 0 Å². The molecule has 0 amide bonds. The summed E-state index contributed by atoms with van der Waals surface area (Å²) in [6, 6.07) is 8.85. The molecule has 0 unspecified atom stereocenters. The molecule has 1 aromatic carbocycles. The minimum absolute atomic E-state index is 0. The van der Waals surface area contributed by atoms with Gasteiger partial charge in [-0.15, -0.1) is 12.4 Å². The predicted molar refractivity (Wildman–Crippen MR) is 70.7 cm³/mol. The van der Waals surface area contributed by atoms with Crippen LogP contribution >= 0.6 is 35.0 Å². The first kappa shape index (κ1) is 12.3. The van der Waals surface area contributed by atoms with Crippen molar-refractivity contribution < 1.29 is 0 Å². The van der Waals surface area contributed by atoms with Gasteiger partial charge in [-0.2, -0.15) is 0 Å². The van der Waals surface area contributed by atoms with Gasteiger partial charge in [0.1, 0.15) is 0 Å². The van der Waals surface area contributed by atoms with Crippen LogP contribution in [-0.2, 0) is 0 Å². The van der Waals surface area contributed by atoms with Crippen molar-refractivity contribution in [2.75, 3.05) is 0 Å². The van der Waals surface area contributed by atoms with Gasteiger partial charge < -0.3 is 5.73 Å². The second kappa shape index (κ2) is 5.33. The first-order valence-corrected chi connectivity index (χ1v) is 5.86. The van der Waals surface area contributed by atoms with Crippen LogP contribution in [0, 0.1) is 9.49 Å².